The van der Waals surface area contributed by atoms with E-state index in [0.29, 0.717) is 11.2 Å². The highest BCUT2D eigenvalue weighted by molar-refractivity contribution is 9.10. The van der Waals surface area contributed by atoms with Crippen molar-refractivity contribution in [3.05, 3.63) is 52.4 Å². The highest BCUT2D eigenvalue weighted by Gasteiger charge is 2.16. The Morgan fingerprint density at radius 3 is 2.38 bits per heavy atom. The number of hydrogen-bond acceptors (Lipinski definition) is 5. The second kappa shape index (κ2) is 9.40. The van der Waals surface area contributed by atoms with Crippen molar-refractivity contribution in [2.45, 2.75) is 6.04 Å². The number of halogens is 1. The fraction of sp³-hybridized carbons (Fsp3) is 0.333. The van der Waals surface area contributed by atoms with Gasteiger partial charge < -0.3 is 24.7 Å². The summed E-state index contributed by atoms with van der Waals surface area (Å²) in [5.74, 6) is 0.214. The molecule has 2 aromatic rings. The second-order valence-electron chi connectivity index (χ2n) is 5.84. The molecule has 0 saturated heterocycles. The van der Waals surface area contributed by atoms with Crippen molar-refractivity contribution in [3.8, 4) is 5.75 Å². The van der Waals surface area contributed by atoms with Crippen LogP contribution in [0.4, 0.5) is 0 Å². The van der Waals surface area contributed by atoms with E-state index in [1.54, 1.807) is 13.2 Å². The quantitative estimate of drug-likeness (QED) is 0.679. The van der Waals surface area contributed by atoms with Gasteiger partial charge in [-0.15, -0.1) is 0 Å². The van der Waals surface area contributed by atoms with E-state index in [4.69, 9.17) is 9.15 Å². The lowest BCUT2D eigenvalue weighted by molar-refractivity contribution is -0.120. The van der Waals surface area contributed by atoms with E-state index in [2.05, 4.69) is 26.6 Å². The number of rotatable bonds is 8. The molecule has 26 heavy (non-hydrogen) atoms. The Balaban J connectivity index is 1.85. The molecule has 140 valence electrons. The van der Waals surface area contributed by atoms with Crippen molar-refractivity contribution in [1.82, 2.24) is 15.5 Å². The first-order valence-corrected chi connectivity index (χ1v) is 8.80. The standard InChI is InChI=1S/C18H22BrN3O4/c1-22(2)14(12-4-6-13(25-3)7-5-12)10-20-17(23)11-21-18(24)15-8-9-16(19)26-15/h4-9,14H,10-11H2,1-3H3,(H,20,23)(H,21,24). The molecule has 2 N–H and O–H groups in total. The van der Waals surface area contributed by atoms with Gasteiger partial charge in [-0.3, -0.25) is 9.59 Å². The molecule has 0 aliphatic carbocycles. The predicted molar refractivity (Wildman–Crippen MR) is 101 cm³/mol. The average molecular weight is 424 g/mol. The Morgan fingerprint density at radius 2 is 1.85 bits per heavy atom. The maximum Gasteiger partial charge on any atom is 0.287 e. The normalized spacial score (nSPS) is 11.9. The summed E-state index contributed by atoms with van der Waals surface area (Å²) < 4.78 is 10.8. The van der Waals surface area contributed by atoms with Gasteiger partial charge in [0.05, 0.1) is 19.7 Å². The monoisotopic (exact) mass is 423 g/mol. The van der Waals surface area contributed by atoms with Gasteiger partial charge in [-0.1, -0.05) is 12.1 Å². The highest BCUT2D eigenvalue weighted by Crippen LogP contribution is 2.20. The fourth-order valence-corrected chi connectivity index (χ4v) is 2.69. The summed E-state index contributed by atoms with van der Waals surface area (Å²) in [7, 11) is 5.50. The zero-order chi connectivity index (χ0) is 19.1. The van der Waals surface area contributed by atoms with Crippen LogP contribution < -0.4 is 15.4 Å². The molecule has 1 heterocycles. The topological polar surface area (TPSA) is 83.8 Å². The third-order valence-electron chi connectivity index (χ3n) is 3.82. The Bertz CT molecular complexity index is 743. The van der Waals surface area contributed by atoms with Crippen molar-refractivity contribution in [3.63, 3.8) is 0 Å². The molecule has 0 radical (unpaired) electrons. The van der Waals surface area contributed by atoms with Gasteiger partial charge in [-0.25, -0.2) is 0 Å². The molecule has 1 atom stereocenters. The lowest BCUT2D eigenvalue weighted by Crippen LogP contribution is -2.40. The van der Waals surface area contributed by atoms with Crippen LogP contribution in [0.5, 0.6) is 5.75 Å². The summed E-state index contributed by atoms with van der Waals surface area (Å²) in [6, 6.07) is 10.8. The van der Waals surface area contributed by atoms with Crippen LogP contribution in [-0.4, -0.2) is 51.0 Å². The molecule has 0 aliphatic heterocycles. The zero-order valence-electron chi connectivity index (χ0n) is 14.9. The molecule has 8 heteroatoms. The molecule has 0 aliphatic rings. The molecular weight excluding hydrogens is 402 g/mol. The first kappa shape index (κ1) is 20.0. The Morgan fingerprint density at radius 1 is 1.15 bits per heavy atom. The van der Waals surface area contributed by atoms with E-state index in [1.807, 2.05) is 43.3 Å². The van der Waals surface area contributed by atoms with Gasteiger partial charge in [0.1, 0.15) is 5.75 Å². The molecule has 0 spiro atoms. The van der Waals surface area contributed by atoms with Crippen LogP contribution in [0, 0.1) is 0 Å². The maximum absolute atomic E-state index is 12.0. The Hall–Kier alpha value is -2.32. The lowest BCUT2D eigenvalue weighted by Gasteiger charge is -2.25. The van der Waals surface area contributed by atoms with E-state index in [0.717, 1.165) is 11.3 Å². The highest BCUT2D eigenvalue weighted by atomic mass is 79.9. The molecule has 1 unspecified atom stereocenters. The van der Waals surface area contributed by atoms with Crippen LogP contribution in [0.25, 0.3) is 0 Å². The first-order valence-electron chi connectivity index (χ1n) is 8.01. The number of amides is 2. The number of ether oxygens (including phenoxy) is 1. The molecule has 1 aromatic heterocycles. The van der Waals surface area contributed by atoms with Crippen LogP contribution in [-0.2, 0) is 4.79 Å². The molecule has 0 bridgehead atoms. The van der Waals surface area contributed by atoms with Crippen molar-refractivity contribution in [1.29, 1.82) is 0 Å². The summed E-state index contributed by atoms with van der Waals surface area (Å²) in [6.45, 7) is 0.292. The van der Waals surface area contributed by atoms with Crippen LogP contribution in [0.15, 0.2) is 45.5 Å². The van der Waals surface area contributed by atoms with Crippen molar-refractivity contribution in [2.24, 2.45) is 0 Å². The van der Waals surface area contributed by atoms with Gasteiger partial charge in [0.15, 0.2) is 10.4 Å². The lowest BCUT2D eigenvalue weighted by atomic mass is 10.1. The van der Waals surface area contributed by atoms with E-state index in [-0.39, 0.29) is 24.3 Å². The van der Waals surface area contributed by atoms with E-state index < -0.39 is 5.91 Å². The van der Waals surface area contributed by atoms with Gasteiger partial charge in [-0.2, -0.15) is 0 Å². The third-order valence-corrected chi connectivity index (χ3v) is 4.25. The molecule has 1 aromatic carbocycles. The fourth-order valence-electron chi connectivity index (χ4n) is 2.38. The summed E-state index contributed by atoms with van der Waals surface area (Å²) in [4.78, 5) is 25.9. The number of nitrogens with one attached hydrogen (secondary N) is 2. The molecule has 2 amide bonds. The molecule has 2 rings (SSSR count). The van der Waals surface area contributed by atoms with Gasteiger partial charge in [0, 0.05) is 6.54 Å². The SMILES string of the molecule is COc1ccc(C(CNC(=O)CNC(=O)c2ccc(Br)o2)N(C)C)cc1. The summed E-state index contributed by atoms with van der Waals surface area (Å²) in [6.07, 6.45) is 0. The van der Waals surface area contributed by atoms with Crippen LogP contribution in [0.3, 0.4) is 0 Å². The number of likely N-dealkylation sites (N-methyl/N-ethyl adjacent to an activating group) is 1. The van der Waals surface area contributed by atoms with Crippen LogP contribution in [0.1, 0.15) is 22.2 Å². The van der Waals surface area contributed by atoms with Gasteiger partial charge >= 0.3 is 0 Å². The van der Waals surface area contributed by atoms with Gasteiger partial charge in [0.2, 0.25) is 5.91 Å². The minimum atomic E-state index is -0.440. The smallest absolute Gasteiger partial charge is 0.287 e. The van der Waals surface area contributed by atoms with Crippen LogP contribution in [0.2, 0.25) is 0 Å². The molecule has 0 fully saturated rings. The van der Waals surface area contributed by atoms with Crippen molar-refractivity contribution in [2.75, 3.05) is 34.3 Å². The number of carbonyl (C=O) groups excluding carboxylic acids is 2. The molecule has 0 saturated carbocycles. The molecule has 7 nitrogen and oxygen atoms in total. The maximum atomic E-state index is 12.0. The number of methoxy groups -OCH3 is 1. The first-order chi connectivity index (χ1) is 12.4. The Labute approximate surface area is 160 Å². The number of carbonyl (C=O) groups is 2. The van der Waals surface area contributed by atoms with E-state index >= 15 is 0 Å². The summed E-state index contributed by atoms with van der Waals surface area (Å²) in [5, 5.41) is 5.36. The number of hydrogen-bond donors (Lipinski definition) is 2. The number of nitrogens with zero attached hydrogens (tertiary/aromatic N) is 1. The zero-order valence-corrected chi connectivity index (χ0v) is 16.5. The summed E-state index contributed by atoms with van der Waals surface area (Å²) >= 11 is 3.13. The van der Waals surface area contributed by atoms with Gasteiger partial charge in [-0.05, 0) is 59.9 Å². The van der Waals surface area contributed by atoms with Gasteiger partial charge in [0.25, 0.3) is 5.91 Å². The van der Waals surface area contributed by atoms with E-state index in [9.17, 15) is 9.59 Å². The van der Waals surface area contributed by atoms with Crippen molar-refractivity contribution < 1.29 is 18.7 Å². The average Bonchev–Trinajstić information content (AvgIpc) is 3.06. The third kappa shape index (κ3) is 5.60. The molecular formula is C18H22BrN3O4. The second-order valence-corrected chi connectivity index (χ2v) is 6.62. The number of furan rings is 1. The minimum absolute atomic E-state index is 0.00147. The largest absolute Gasteiger partial charge is 0.497 e. The van der Waals surface area contributed by atoms with Crippen molar-refractivity contribution >= 4 is 27.7 Å². The van der Waals surface area contributed by atoms with E-state index in [1.165, 1.54) is 6.07 Å². The minimum Gasteiger partial charge on any atom is -0.497 e. The summed E-state index contributed by atoms with van der Waals surface area (Å²) in [5.41, 5.74) is 1.06. The number of benzene rings is 1. The Kier molecular flexibility index (Phi) is 7.23. The predicted octanol–water partition coefficient (Wildman–Crippen LogP) is 2.20. The van der Waals surface area contributed by atoms with Crippen LogP contribution >= 0.6 is 15.9 Å².